The van der Waals surface area contributed by atoms with Gasteiger partial charge in [0, 0.05) is 23.6 Å². The number of benzene rings is 1. The minimum absolute atomic E-state index is 0.0553. The van der Waals surface area contributed by atoms with E-state index in [4.69, 9.17) is 15.2 Å². The van der Waals surface area contributed by atoms with Crippen molar-refractivity contribution in [2.75, 3.05) is 32.3 Å². The van der Waals surface area contributed by atoms with E-state index in [-0.39, 0.29) is 18.1 Å². The third-order valence-corrected chi connectivity index (χ3v) is 5.98. The van der Waals surface area contributed by atoms with E-state index in [9.17, 15) is 13.5 Å². The SMILES string of the molecule is COc1ccc(C(O)C2(CN)CCS(=O)(=O)C2)c(OC)c1. The van der Waals surface area contributed by atoms with Crippen LogP contribution in [0.1, 0.15) is 18.1 Å². The molecule has 21 heavy (non-hydrogen) atoms. The number of aliphatic hydroxyl groups is 1. The quantitative estimate of drug-likeness (QED) is 0.821. The molecule has 0 spiro atoms. The summed E-state index contributed by atoms with van der Waals surface area (Å²) in [6, 6.07) is 5.05. The normalized spacial score (nSPS) is 25.5. The summed E-state index contributed by atoms with van der Waals surface area (Å²) < 4.78 is 34.0. The highest BCUT2D eigenvalue weighted by atomic mass is 32.2. The van der Waals surface area contributed by atoms with Crippen molar-refractivity contribution in [2.45, 2.75) is 12.5 Å². The van der Waals surface area contributed by atoms with Gasteiger partial charge in [0.05, 0.1) is 31.8 Å². The molecule has 1 aromatic carbocycles. The summed E-state index contributed by atoms with van der Waals surface area (Å²) in [4.78, 5) is 0. The summed E-state index contributed by atoms with van der Waals surface area (Å²) >= 11 is 0. The van der Waals surface area contributed by atoms with Gasteiger partial charge in [-0.05, 0) is 18.6 Å². The van der Waals surface area contributed by atoms with Gasteiger partial charge in [0.25, 0.3) is 0 Å². The molecule has 1 fully saturated rings. The zero-order valence-corrected chi connectivity index (χ0v) is 13.0. The van der Waals surface area contributed by atoms with Crippen molar-refractivity contribution in [1.82, 2.24) is 0 Å². The second kappa shape index (κ2) is 5.82. The second-order valence-electron chi connectivity index (χ2n) is 5.42. The van der Waals surface area contributed by atoms with Crippen molar-refractivity contribution in [2.24, 2.45) is 11.1 Å². The van der Waals surface area contributed by atoms with E-state index in [1.165, 1.54) is 14.2 Å². The van der Waals surface area contributed by atoms with E-state index in [0.29, 0.717) is 23.5 Å². The first-order chi connectivity index (χ1) is 9.87. The smallest absolute Gasteiger partial charge is 0.151 e. The van der Waals surface area contributed by atoms with Crippen molar-refractivity contribution in [3.8, 4) is 11.5 Å². The lowest BCUT2D eigenvalue weighted by atomic mass is 9.78. The topological polar surface area (TPSA) is 98.9 Å². The summed E-state index contributed by atoms with van der Waals surface area (Å²) in [5.41, 5.74) is 5.45. The summed E-state index contributed by atoms with van der Waals surface area (Å²) in [6.45, 7) is 0.0998. The molecule has 0 saturated carbocycles. The van der Waals surface area contributed by atoms with Crippen LogP contribution in [0.3, 0.4) is 0 Å². The van der Waals surface area contributed by atoms with Crippen molar-refractivity contribution < 1.29 is 23.0 Å². The Balaban J connectivity index is 2.41. The Labute approximate surface area is 124 Å². The average Bonchev–Trinajstić information content (AvgIpc) is 2.82. The first-order valence-corrected chi connectivity index (χ1v) is 8.50. The fourth-order valence-corrected chi connectivity index (χ4v) is 4.96. The molecular formula is C14H21NO5S. The molecule has 2 atom stereocenters. The monoisotopic (exact) mass is 315 g/mol. The van der Waals surface area contributed by atoms with Crippen molar-refractivity contribution in [3.63, 3.8) is 0 Å². The fraction of sp³-hybridized carbons (Fsp3) is 0.571. The van der Waals surface area contributed by atoms with Gasteiger partial charge < -0.3 is 20.3 Å². The standard InChI is InChI=1S/C14H21NO5S/c1-19-10-3-4-11(12(7-10)20-2)13(16)14(8-15)5-6-21(17,18)9-14/h3-4,7,13,16H,5-6,8-9,15H2,1-2H3. The Kier molecular flexibility index (Phi) is 4.46. The van der Waals surface area contributed by atoms with Gasteiger partial charge in [-0.1, -0.05) is 0 Å². The van der Waals surface area contributed by atoms with E-state index in [0.717, 1.165) is 0 Å². The van der Waals surface area contributed by atoms with Gasteiger partial charge in [-0.25, -0.2) is 8.42 Å². The van der Waals surface area contributed by atoms with E-state index in [2.05, 4.69) is 0 Å². The second-order valence-corrected chi connectivity index (χ2v) is 7.60. The molecule has 118 valence electrons. The number of ether oxygens (including phenoxy) is 2. The van der Waals surface area contributed by atoms with Crippen LogP contribution in [0.2, 0.25) is 0 Å². The van der Waals surface area contributed by atoms with Crippen LogP contribution in [0.5, 0.6) is 11.5 Å². The maximum absolute atomic E-state index is 11.8. The third kappa shape index (κ3) is 3.00. The van der Waals surface area contributed by atoms with Crippen LogP contribution in [0, 0.1) is 5.41 Å². The summed E-state index contributed by atoms with van der Waals surface area (Å²) in [5, 5.41) is 10.7. The molecule has 3 N–H and O–H groups in total. The highest BCUT2D eigenvalue weighted by Gasteiger charge is 2.47. The van der Waals surface area contributed by atoms with Crippen LogP contribution in [-0.2, 0) is 9.84 Å². The molecule has 1 aromatic rings. The van der Waals surface area contributed by atoms with Crippen LogP contribution in [0.4, 0.5) is 0 Å². The number of hydrogen-bond donors (Lipinski definition) is 2. The Morgan fingerprint density at radius 2 is 2.10 bits per heavy atom. The average molecular weight is 315 g/mol. The van der Waals surface area contributed by atoms with Gasteiger partial charge in [-0.3, -0.25) is 0 Å². The van der Waals surface area contributed by atoms with Crippen LogP contribution in [-0.4, -0.2) is 45.8 Å². The zero-order chi connectivity index (χ0) is 15.7. The highest BCUT2D eigenvalue weighted by Crippen LogP contribution is 2.45. The molecule has 1 saturated heterocycles. The van der Waals surface area contributed by atoms with Crippen molar-refractivity contribution in [1.29, 1.82) is 0 Å². The molecule has 0 amide bonds. The first kappa shape index (κ1) is 16.1. The van der Waals surface area contributed by atoms with Crippen LogP contribution < -0.4 is 15.2 Å². The minimum Gasteiger partial charge on any atom is -0.497 e. The number of rotatable bonds is 5. The number of nitrogens with two attached hydrogens (primary N) is 1. The summed E-state index contributed by atoms with van der Waals surface area (Å²) in [5.74, 6) is 1.01. The molecule has 6 nitrogen and oxygen atoms in total. The van der Waals surface area contributed by atoms with E-state index >= 15 is 0 Å². The molecule has 0 radical (unpaired) electrons. The lowest BCUT2D eigenvalue weighted by Gasteiger charge is -2.32. The Bertz CT molecular complexity index is 616. The zero-order valence-electron chi connectivity index (χ0n) is 12.2. The number of methoxy groups -OCH3 is 2. The first-order valence-electron chi connectivity index (χ1n) is 6.68. The molecule has 1 heterocycles. The largest absolute Gasteiger partial charge is 0.497 e. The van der Waals surface area contributed by atoms with Crippen LogP contribution in [0.25, 0.3) is 0 Å². The van der Waals surface area contributed by atoms with E-state index < -0.39 is 21.4 Å². The fourth-order valence-electron chi connectivity index (χ4n) is 2.80. The van der Waals surface area contributed by atoms with Gasteiger partial charge in [0.15, 0.2) is 9.84 Å². The molecule has 2 rings (SSSR count). The van der Waals surface area contributed by atoms with Gasteiger partial charge in [0.1, 0.15) is 11.5 Å². The van der Waals surface area contributed by atoms with E-state index in [1.807, 2.05) is 0 Å². The molecule has 0 bridgehead atoms. The summed E-state index contributed by atoms with van der Waals surface area (Å²) in [7, 11) is -0.128. The molecule has 0 aliphatic carbocycles. The number of hydrogen-bond acceptors (Lipinski definition) is 6. The van der Waals surface area contributed by atoms with Crippen molar-refractivity contribution >= 4 is 9.84 Å². The molecule has 0 aromatic heterocycles. The minimum atomic E-state index is -3.16. The molecule has 2 unspecified atom stereocenters. The molecular weight excluding hydrogens is 294 g/mol. The maximum atomic E-state index is 11.8. The summed E-state index contributed by atoms with van der Waals surface area (Å²) in [6.07, 6.45) is -0.650. The molecule has 7 heteroatoms. The predicted molar refractivity (Wildman–Crippen MR) is 79.3 cm³/mol. The van der Waals surface area contributed by atoms with E-state index in [1.54, 1.807) is 18.2 Å². The molecule has 1 aliphatic heterocycles. The van der Waals surface area contributed by atoms with Gasteiger partial charge >= 0.3 is 0 Å². The Morgan fingerprint density at radius 3 is 2.57 bits per heavy atom. The van der Waals surface area contributed by atoms with Crippen LogP contribution in [0.15, 0.2) is 18.2 Å². The third-order valence-electron chi connectivity index (χ3n) is 4.14. The molecule has 1 aliphatic rings. The Hall–Kier alpha value is -1.31. The van der Waals surface area contributed by atoms with Gasteiger partial charge in [-0.15, -0.1) is 0 Å². The predicted octanol–water partition coefficient (Wildman–Crippen LogP) is 0.501. The lowest BCUT2D eigenvalue weighted by molar-refractivity contribution is 0.0451. The number of sulfone groups is 1. The van der Waals surface area contributed by atoms with Gasteiger partial charge in [0.2, 0.25) is 0 Å². The van der Waals surface area contributed by atoms with Crippen molar-refractivity contribution in [3.05, 3.63) is 23.8 Å². The lowest BCUT2D eigenvalue weighted by Crippen LogP contribution is -2.38. The van der Waals surface area contributed by atoms with Crippen LogP contribution >= 0.6 is 0 Å². The van der Waals surface area contributed by atoms with Gasteiger partial charge in [-0.2, -0.15) is 0 Å². The number of aliphatic hydroxyl groups excluding tert-OH is 1. The highest BCUT2D eigenvalue weighted by molar-refractivity contribution is 7.91. The Morgan fingerprint density at radius 1 is 1.38 bits per heavy atom. The maximum Gasteiger partial charge on any atom is 0.151 e.